The summed E-state index contributed by atoms with van der Waals surface area (Å²) in [5.74, 6) is -0.316. The first kappa shape index (κ1) is 27.3. The van der Waals surface area contributed by atoms with E-state index in [0.29, 0.717) is 42.4 Å². The molecule has 44 heavy (non-hydrogen) atoms. The van der Waals surface area contributed by atoms with Crippen LogP contribution in [0.4, 0.5) is 5.69 Å². The monoisotopic (exact) mass is 596 g/mol. The summed E-state index contributed by atoms with van der Waals surface area (Å²) in [6.07, 6.45) is 5.63. The van der Waals surface area contributed by atoms with E-state index in [-0.39, 0.29) is 41.0 Å². The Balaban J connectivity index is 0.935. The molecule has 8 aliphatic rings. The van der Waals surface area contributed by atoms with Gasteiger partial charge in [0.2, 0.25) is 17.7 Å². The predicted octanol–water partition coefficient (Wildman–Crippen LogP) is 3.05. The van der Waals surface area contributed by atoms with E-state index in [2.05, 4.69) is 48.3 Å². The minimum Gasteiger partial charge on any atom is -0.380 e. The second-order valence-corrected chi connectivity index (χ2v) is 14.0. The molecular weight excluding hydrogens is 560 g/mol. The molecular formula is C33H36N6O5. The number of imide groups is 2. The molecule has 1 aromatic heterocycles. The number of nitrogens with one attached hydrogen (secondary N) is 2. The van der Waals surface area contributed by atoms with Crippen molar-refractivity contribution in [2.45, 2.75) is 77.5 Å². The minimum absolute atomic E-state index is 0.0737. The number of piperidine rings is 2. The number of fused-ring (bicyclic) bond motifs is 1. The van der Waals surface area contributed by atoms with Gasteiger partial charge in [0.1, 0.15) is 6.04 Å². The molecule has 4 heterocycles. The van der Waals surface area contributed by atoms with E-state index in [4.69, 9.17) is 0 Å². The zero-order chi connectivity index (χ0) is 30.9. The lowest BCUT2D eigenvalue weighted by Gasteiger charge is -2.81. The summed E-state index contributed by atoms with van der Waals surface area (Å²) in [7, 11) is 0. The van der Waals surface area contributed by atoms with Crippen LogP contribution in [-0.4, -0.2) is 67.2 Å². The fourth-order valence-corrected chi connectivity index (χ4v) is 9.25. The number of hydrogen-bond acceptors (Lipinski definition) is 7. The van der Waals surface area contributed by atoms with E-state index in [0.717, 1.165) is 23.3 Å². The van der Waals surface area contributed by atoms with Crippen molar-refractivity contribution < 1.29 is 24.0 Å². The maximum Gasteiger partial charge on any atom is 0.264 e. The molecule has 11 nitrogen and oxygen atoms in total. The lowest BCUT2D eigenvalue weighted by Crippen LogP contribution is -2.81. The molecule has 0 spiro atoms. The first-order chi connectivity index (χ1) is 21.0. The third-order valence-electron chi connectivity index (χ3n) is 11.4. The van der Waals surface area contributed by atoms with E-state index in [1.807, 2.05) is 10.9 Å². The Morgan fingerprint density at radius 2 is 1.89 bits per heavy atom. The average molecular weight is 597 g/mol. The molecule has 2 N–H and O–H groups in total. The summed E-state index contributed by atoms with van der Waals surface area (Å²) in [5, 5.41) is 10.2. The van der Waals surface area contributed by atoms with Gasteiger partial charge in [-0.2, -0.15) is 5.10 Å². The summed E-state index contributed by atoms with van der Waals surface area (Å²) >= 11 is 0. The van der Waals surface area contributed by atoms with Gasteiger partial charge in [0, 0.05) is 48.4 Å². The van der Waals surface area contributed by atoms with Crippen LogP contribution >= 0.6 is 0 Å². The standard InChI is InChI=1S/C33H36N6O5/c1-16-26-24-17(2)33(26,27(16)24)31(44)37-11-10-19(12-32(37,3)4)38-15-18(14-35-38)13-34-21-7-5-6-20-25(21)30(43)39(29(20)42)22-8-9-23(40)36-28(22)41/h5-7,14-17,19,22,26,34H,8-13H2,1-4H3,(H,36,40,41)/t16?,17?,19-,22?,26?,33?/m0/s1. The highest BCUT2D eigenvalue weighted by Crippen LogP contribution is 2.86. The molecule has 5 unspecified atom stereocenters. The van der Waals surface area contributed by atoms with E-state index in [1.54, 1.807) is 30.0 Å². The Bertz CT molecular complexity index is 1740. The first-order valence-corrected chi connectivity index (χ1v) is 15.6. The van der Waals surface area contributed by atoms with E-state index >= 15 is 0 Å². The number of aromatic nitrogens is 2. The van der Waals surface area contributed by atoms with Crippen molar-refractivity contribution in [3.8, 4) is 0 Å². The van der Waals surface area contributed by atoms with Crippen LogP contribution in [-0.2, 0) is 20.9 Å². The lowest BCUT2D eigenvalue weighted by atomic mass is 9.21. The average Bonchev–Trinajstić information content (AvgIpc) is 3.52. The van der Waals surface area contributed by atoms with Crippen LogP contribution in [0.5, 0.6) is 0 Å². The number of benzene rings is 1. The fourth-order valence-electron chi connectivity index (χ4n) is 9.25. The van der Waals surface area contributed by atoms with Gasteiger partial charge >= 0.3 is 0 Å². The number of hydrogen-bond donors (Lipinski definition) is 2. The van der Waals surface area contributed by atoms with Gasteiger partial charge in [-0.05, 0) is 57.1 Å². The molecule has 11 heteroatoms. The van der Waals surface area contributed by atoms with Crippen molar-refractivity contribution in [2.24, 2.45) is 23.2 Å². The number of carbonyl (C=O) groups excluding carboxylic acids is 5. The lowest BCUT2D eigenvalue weighted by molar-refractivity contribution is -0.188. The molecule has 5 aliphatic carbocycles. The van der Waals surface area contributed by atoms with E-state index in [1.165, 1.54) is 5.57 Å². The Kier molecular flexibility index (Phi) is 5.51. The smallest absolute Gasteiger partial charge is 0.264 e. The first-order valence-electron chi connectivity index (χ1n) is 15.6. The van der Waals surface area contributed by atoms with Crippen LogP contribution in [0.15, 0.2) is 41.7 Å². The van der Waals surface area contributed by atoms with Crippen LogP contribution in [0.25, 0.3) is 0 Å². The van der Waals surface area contributed by atoms with Crippen molar-refractivity contribution in [2.75, 3.05) is 11.9 Å². The molecule has 0 radical (unpaired) electrons. The number of likely N-dealkylation sites (tertiary alicyclic amines) is 1. The second-order valence-electron chi connectivity index (χ2n) is 14.0. The fraction of sp³-hybridized carbons (Fsp3) is 0.515. The second kappa shape index (κ2) is 8.89. The third kappa shape index (κ3) is 3.27. The van der Waals surface area contributed by atoms with Crippen molar-refractivity contribution in [1.82, 2.24) is 24.9 Å². The third-order valence-corrected chi connectivity index (χ3v) is 11.4. The Morgan fingerprint density at radius 3 is 2.57 bits per heavy atom. The van der Waals surface area contributed by atoms with Gasteiger partial charge < -0.3 is 10.2 Å². The summed E-state index contributed by atoms with van der Waals surface area (Å²) in [5.41, 5.74) is 4.39. The van der Waals surface area contributed by atoms with Gasteiger partial charge in [-0.1, -0.05) is 31.1 Å². The van der Waals surface area contributed by atoms with Crippen molar-refractivity contribution in [1.29, 1.82) is 0 Å². The summed E-state index contributed by atoms with van der Waals surface area (Å²) in [4.78, 5) is 67.6. The number of nitrogens with zero attached hydrogens (tertiary/aromatic N) is 4. The number of rotatable bonds is 6. The van der Waals surface area contributed by atoms with Gasteiger partial charge in [0.25, 0.3) is 11.8 Å². The number of anilines is 1. The molecule has 5 amide bonds. The molecule has 3 aliphatic heterocycles. The van der Waals surface area contributed by atoms with Gasteiger partial charge in [-0.15, -0.1) is 0 Å². The highest BCUT2D eigenvalue weighted by molar-refractivity contribution is 6.25. The summed E-state index contributed by atoms with van der Waals surface area (Å²) in [6, 6.07) is 4.18. The van der Waals surface area contributed by atoms with Crippen molar-refractivity contribution in [3.63, 3.8) is 0 Å². The topological polar surface area (TPSA) is 134 Å². The van der Waals surface area contributed by atoms with Crippen molar-refractivity contribution >= 4 is 35.2 Å². The van der Waals surface area contributed by atoms with Crippen LogP contribution in [0, 0.1) is 23.2 Å². The zero-order valence-electron chi connectivity index (χ0n) is 25.3. The number of allylic oxidation sites excluding steroid dienone is 1. The molecule has 4 bridgehead atoms. The van der Waals surface area contributed by atoms with Gasteiger partial charge in [0.05, 0.1) is 28.8 Å². The maximum absolute atomic E-state index is 13.9. The van der Waals surface area contributed by atoms with E-state index < -0.39 is 29.7 Å². The normalized spacial score (nSPS) is 33.0. The molecule has 2 saturated heterocycles. The van der Waals surface area contributed by atoms with Gasteiger partial charge in [0.15, 0.2) is 0 Å². The number of carbonyl (C=O) groups is 5. The Labute approximate surface area is 255 Å². The van der Waals surface area contributed by atoms with Gasteiger partial charge in [-0.25, -0.2) is 0 Å². The molecule has 1 aromatic carbocycles. The number of amides is 5. The molecule has 6 atom stereocenters. The molecule has 2 saturated carbocycles. The molecule has 228 valence electrons. The zero-order valence-corrected chi connectivity index (χ0v) is 25.3. The Hall–Kier alpha value is -4.28. The summed E-state index contributed by atoms with van der Waals surface area (Å²) < 4.78 is 1.99. The Morgan fingerprint density at radius 1 is 1.11 bits per heavy atom. The SMILES string of the molecule is CC1C2=C3C(C)C2(C(=O)N2CC[C@H](n4cc(CNc5cccc6c5C(=O)N(C5CCC(=O)NC5=O)C6=O)cn4)CC2(C)C)C31. The highest BCUT2D eigenvalue weighted by atomic mass is 16.2. The van der Waals surface area contributed by atoms with Crippen LogP contribution in [0.3, 0.4) is 0 Å². The molecule has 10 rings (SSSR count). The minimum atomic E-state index is -1.01. The molecule has 2 aromatic rings. The van der Waals surface area contributed by atoms with E-state index in [9.17, 15) is 24.0 Å². The largest absolute Gasteiger partial charge is 0.380 e. The maximum atomic E-state index is 13.9. The van der Waals surface area contributed by atoms with Gasteiger partial charge in [-0.3, -0.25) is 38.9 Å². The highest BCUT2D eigenvalue weighted by Gasteiger charge is 2.84. The van der Waals surface area contributed by atoms with Crippen molar-refractivity contribution in [3.05, 3.63) is 58.4 Å². The van der Waals surface area contributed by atoms with Crippen LogP contribution < -0.4 is 10.6 Å². The quantitative estimate of drug-likeness (QED) is 0.387. The van der Waals surface area contributed by atoms with Crippen LogP contribution in [0.1, 0.15) is 85.7 Å². The van der Waals surface area contributed by atoms with Crippen LogP contribution in [0.2, 0.25) is 0 Å². The predicted molar refractivity (Wildman–Crippen MR) is 158 cm³/mol. The summed E-state index contributed by atoms with van der Waals surface area (Å²) in [6.45, 7) is 9.88. The molecule has 4 fully saturated rings.